The van der Waals surface area contributed by atoms with Crippen LogP contribution in [0.3, 0.4) is 0 Å². The Hall–Kier alpha value is -4.27. The number of methoxy groups -OCH3 is 1. The number of amides is 4. The third kappa shape index (κ3) is 8.70. The Morgan fingerprint density at radius 3 is 2.38 bits per heavy atom. The molecule has 12 nitrogen and oxygen atoms in total. The molecule has 0 spiro atoms. The van der Waals surface area contributed by atoms with E-state index < -0.39 is 60.4 Å². The second kappa shape index (κ2) is 12.1. The van der Waals surface area contributed by atoms with Gasteiger partial charge in [-0.1, -0.05) is 18.6 Å². The first-order chi connectivity index (χ1) is 15.8. The number of phenolic OH excluding ortho intramolecular Hbond substituents is 1. The molecule has 0 fully saturated rings. The minimum atomic E-state index is -1.57. The fourth-order valence-electron chi connectivity index (χ4n) is 2.73. The zero-order valence-corrected chi connectivity index (χ0v) is 19.3. The normalized spacial score (nSPS) is 12.3. The number of alkyl carbamates (subject to hydrolysis) is 1. The number of carbonyl (C=O) groups is 5. The average molecular weight is 476 g/mol. The Morgan fingerprint density at radius 1 is 1.24 bits per heavy atom. The number of nitrogens with two attached hydrogens (primary N) is 1. The topological polar surface area (TPSA) is 177 Å². The molecule has 5 N–H and O–H groups in total. The molecule has 1 rings (SSSR count). The number of nitrogens with zero attached hydrogens (tertiary/aromatic N) is 1. The standard InChI is InChI=1S/C22H28N4O8/c1-6-26(20(31)15(11-16(23)28)25-21(32)34-22(2,3)4)18(13-8-7-9-14(27)10-13)19(30)24-12-17(29)33-5/h1,7-10,15,18,27H,11-12H2,2-5H3,(H2,23,28)(H,24,30)(H,25,32). The molecule has 1 aromatic carbocycles. The number of primary amides is 1. The van der Waals surface area contributed by atoms with Gasteiger partial charge in [-0.05, 0) is 38.5 Å². The van der Waals surface area contributed by atoms with Crippen LogP contribution in [0.15, 0.2) is 24.3 Å². The number of ether oxygens (including phenoxy) is 2. The molecule has 2 unspecified atom stereocenters. The number of rotatable bonds is 9. The highest BCUT2D eigenvalue weighted by molar-refractivity contribution is 5.96. The summed E-state index contributed by atoms with van der Waals surface area (Å²) in [6.07, 6.45) is 3.87. The van der Waals surface area contributed by atoms with Crippen LogP contribution in [-0.2, 0) is 28.7 Å². The lowest BCUT2D eigenvalue weighted by molar-refractivity contribution is -0.143. The Balaban J connectivity index is 3.36. The molecule has 184 valence electrons. The highest BCUT2D eigenvalue weighted by Crippen LogP contribution is 2.25. The average Bonchev–Trinajstić information content (AvgIpc) is 2.72. The van der Waals surface area contributed by atoms with E-state index in [0.717, 1.165) is 7.11 Å². The van der Waals surface area contributed by atoms with Crippen LogP contribution in [0, 0.1) is 12.5 Å². The van der Waals surface area contributed by atoms with E-state index in [4.69, 9.17) is 16.9 Å². The first-order valence-electron chi connectivity index (χ1n) is 9.99. The van der Waals surface area contributed by atoms with E-state index in [1.165, 1.54) is 24.3 Å². The first-order valence-corrected chi connectivity index (χ1v) is 9.99. The van der Waals surface area contributed by atoms with Crippen LogP contribution < -0.4 is 16.4 Å². The lowest BCUT2D eigenvalue weighted by Gasteiger charge is -2.30. The Labute approximate surface area is 196 Å². The molecule has 4 amide bonds. The summed E-state index contributed by atoms with van der Waals surface area (Å²) in [6, 6.07) is 4.26. The van der Waals surface area contributed by atoms with E-state index >= 15 is 0 Å². The lowest BCUT2D eigenvalue weighted by atomic mass is 10.0. The van der Waals surface area contributed by atoms with Gasteiger partial charge in [0.25, 0.3) is 5.91 Å². The minimum Gasteiger partial charge on any atom is -0.508 e. The van der Waals surface area contributed by atoms with E-state index in [1.54, 1.807) is 20.8 Å². The van der Waals surface area contributed by atoms with E-state index in [9.17, 15) is 29.1 Å². The van der Waals surface area contributed by atoms with Gasteiger partial charge in [-0.15, -0.1) is 0 Å². The molecule has 0 aliphatic rings. The van der Waals surface area contributed by atoms with E-state index in [2.05, 4.69) is 21.4 Å². The summed E-state index contributed by atoms with van der Waals surface area (Å²) in [6.45, 7) is 4.25. The lowest BCUT2D eigenvalue weighted by Crippen LogP contribution is -2.52. The van der Waals surface area contributed by atoms with Crippen LogP contribution in [0.25, 0.3) is 0 Å². The van der Waals surface area contributed by atoms with Crippen LogP contribution in [-0.4, -0.2) is 65.1 Å². The SMILES string of the molecule is C#CN(C(=O)C(CC(N)=O)NC(=O)OC(C)(C)C)C(C(=O)NCC(=O)OC)c1cccc(O)c1. The Morgan fingerprint density at radius 2 is 1.88 bits per heavy atom. The molecular weight excluding hydrogens is 448 g/mol. The van der Waals surface area contributed by atoms with Gasteiger partial charge in [0, 0.05) is 6.04 Å². The number of aromatic hydroxyl groups is 1. The molecule has 0 saturated heterocycles. The number of benzene rings is 1. The number of hydrogen-bond donors (Lipinski definition) is 4. The predicted octanol–water partition coefficient (Wildman–Crippen LogP) is -0.0895. The quantitative estimate of drug-likeness (QED) is 0.217. The third-order valence-electron chi connectivity index (χ3n) is 4.10. The summed E-state index contributed by atoms with van der Waals surface area (Å²) in [5.74, 6) is -3.85. The zero-order valence-electron chi connectivity index (χ0n) is 19.3. The van der Waals surface area contributed by atoms with Crippen molar-refractivity contribution in [2.45, 2.75) is 44.9 Å². The van der Waals surface area contributed by atoms with Gasteiger partial charge in [0.05, 0.1) is 13.5 Å². The second-order valence-corrected chi connectivity index (χ2v) is 8.00. The van der Waals surface area contributed by atoms with Gasteiger partial charge in [0.15, 0.2) is 0 Å². The Bertz CT molecular complexity index is 980. The largest absolute Gasteiger partial charge is 0.508 e. The molecule has 0 radical (unpaired) electrons. The number of esters is 1. The van der Waals surface area contributed by atoms with E-state index in [1.807, 2.05) is 0 Å². The van der Waals surface area contributed by atoms with Crippen molar-refractivity contribution >= 4 is 29.8 Å². The summed E-state index contributed by atoms with van der Waals surface area (Å²) in [4.78, 5) is 62.1. The zero-order chi connectivity index (χ0) is 26.1. The molecule has 1 aromatic rings. The van der Waals surface area contributed by atoms with Crippen LogP contribution in [0.5, 0.6) is 5.75 Å². The molecule has 0 aliphatic heterocycles. The number of carbonyl (C=O) groups excluding carboxylic acids is 5. The predicted molar refractivity (Wildman–Crippen MR) is 119 cm³/mol. The summed E-state index contributed by atoms with van der Waals surface area (Å²) in [5, 5.41) is 14.4. The van der Waals surface area contributed by atoms with Crippen molar-refractivity contribution in [3.63, 3.8) is 0 Å². The van der Waals surface area contributed by atoms with Crippen molar-refractivity contribution < 1.29 is 38.6 Å². The molecular formula is C22H28N4O8. The monoisotopic (exact) mass is 476 g/mol. The van der Waals surface area contributed by atoms with Gasteiger partial charge in [-0.25, -0.2) is 4.79 Å². The summed E-state index contributed by atoms with van der Waals surface area (Å²) in [7, 11) is 1.12. The third-order valence-corrected chi connectivity index (χ3v) is 4.10. The van der Waals surface area contributed by atoms with E-state index in [-0.39, 0.29) is 11.3 Å². The van der Waals surface area contributed by atoms with Gasteiger partial charge >= 0.3 is 12.1 Å². The molecule has 0 aromatic heterocycles. The number of nitrogens with one attached hydrogen (secondary N) is 2. The molecule has 0 aliphatic carbocycles. The van der Waals surface area contributed by atoms with Crippen LogP contribution in [0.4, 0.5) is 4.79 Å². The molecule has 0 bridgehead atoms. The van der Waals surface area contributed by atoms with Crippen molar-refractivity contribution in [1.29, 1.82) is 0 Å². The molecule has 12 heteroatoms. The molecule has 0 heterocycles. The van der Waals surface area contributed by atoms with E-state index in [0.29, 0.717) is 4.90 Å². The van der Waals surface area contributed by atoms with Gasteiger partial charge in [0.2, 0.25) is 11.8 Å². The smallest absolute Gasteiger partial charge is 0.408 e. The van der Waals surface area contributed by atoms with Crippen LogP contribution in [0.1, 0.15) is 38.8 Å². The van der Waals surface area contributed by atoms with Crippen LogP contribution in [0.2, 0.25) is 0 Å². The van der Waals surface area contributed by atoms with Gasteiger partial charge in [-0.2, -0.15) is 0 Å². The van der Waals surface area contributed by atoms with Gasteiger partial charge in [-0.3, -0.25) is 24.1 Å². The minimum absolute atomic E-state index is 0.0868. The maximum absolute atomic E-state index is 13.3. The van der Waals surface area contributed by atoms with Gasteiger partial charge < -0.3 is 30.9 Å². The number of hydrogen-bond acceptors (Lipinski definition) is 8. The maximum Gasteiger partial charge on any atom is 0.408 e. The van der Waals surface area contributed by atoms with Crippen molar-refractivity contribution in [3.05, 3.63) is 29.8 Å². The summed E-state index contributed by atoms with van der Waals surface area (Å²) >= 11 is 0. The Kier molecular flexibility index (Phi) is 9.88. The molecule has 2 atom stereocenters. The summed E-state index contributed by atoms with van der Waals surface area (Å²) in [5.41, 5.74) is 4.40. The maximum atomic E-state index is 13.3. The molecule has 0 saturated carbocycles. The summed E-state index contributed by atoms with van der Waals surface area (Å²) < 4.78 is 9.59. The second-order valence-electron chi connectivity index (χ2n) is 8.00. The van der Waals surface area contributed by atoms with Crippen molar-refractivity contribution in [2.75, 3.05) is 13.7 Å². The highest BCUT2D eigenvalue weighted by atomic mass is 16.6. The van der Waals surface area contributed by atoms with Crippen molar-refractivity contribution in [1.82, 2.24) is 15.5 Å². The first kappa shape index (κ1) is 27.8. The highest BCUT2D eigenvalue weighted by Gasteiger charge is 2.36. The fourth-order valence-corrected chi connectivity index (χ4v) is 2.73. The van der Waals surface area contributed by atoms with Crippen molar-refractivity contribution in [2.24, 2.45) is 5.73 Å². The fraction of sp³-hybridized carbons (Fsp3) is 0.409. The number of terminal acetylenes is 1. The number of phenols is 1. The van der Waals surface area contributed by atoms with Gasteiger partial charge in [0.1, 0.15) is 30.0 Å². The van der Waals surface area contributed by atoms with Crippen LogP contribution >= 0.6 is 0 Å². The molecule has 34 heavy (non-hydrogen) atoms. The van der Waals surface area contributed by atoms with Crippen molar-refractivity contribution in [3.8, 4) is 18.2 Å².